The number of rotatable bonds is 13. The van der Waals surface area contributed by atoms with Crippen molar-refractivity contribution in [3.63, 3.8) is 0 Å². The van der Waals surface area contributed by atoms with Gasteiger partial charge in [-0.2, -0.15) is 0 Å². The molecule has 132 valence electrons. The lowest BCUT2D eigenvalue weighted by Gasteiger charge is -2.22. The van der Waals surface area contributed by atoms with Crippen LogP contribution in [0.5, 0.6) is 0 Å². The van der Waals surface area contributed by atoms with Crippen molar-refractivity contribution in [2.75, 3.05) is 6.61 Å². The van der Waals surface area contributed by atoms with Crippen LogP contribution in [0.3, 0.4) is 0 Å². The second-order valence-corrected chi connectivity index (χ2v) is 8.12. The van der Waals surface area contributed by atoms with Crippen LogP contribution in [-0.2, 0) is 9.53 Å². The molecule has 0 radical (unpaired) electrons. The van der Waals surface area contributed by atoms with Crippen molar-refractivity contribution in [3.8, 4) is 0 Å². The molecule has 0 bridgehead atoms. The first-order chi connectivity index (χ1) is 10.3. The Kier molecular flexibility index (Phi) is 12.6. The Morgan fingerprint density at radius 3 is 1.91 bits per heavy atom. The van der Waals surface area contributed by atoms with E-state index in [2.05, 4.69) is 34.6 Å². The number of unbranched alkanes of at least 4 members (excludes halogenated alkanes) is 8. The van der Waals surface area contributed by atoms with Gasteiger partial charge in [0.25, 0.3) is 0 Å². The summed E-state index contributed by atoms with van der Waals surface area (Å²) in [4.78, 5) is 11.8. The van der Waals surface area contributed by atoms with E-state index >= 15 is 0 Å². The fourth-order valence-electron chi connectivity index (χ4n) is 3.06. The average molecular weight is 313 g/mol. The molecule has 0 aliphatic heterocycles. The SMILES string of the molecule is CCCCCCCCCCCOC(=O)CC(C)CC(C)(C)C. The molecule has 0 saturated heterocycles. The molecule has 0 fully saturated rings. The predicted octanol–water partition coefficient (Wildman–Crippen LogP) is 6.52. The molecule has 0 aromatic rings. The van der Waals surface area contributed by atoms with Gasteiger partial charge in [0.2, 0.25) is 0 Å². The zero-order valence-electron chi connectivity index (χ0n) is 15.9. The number of hydrogen-bond donors (Lipinski definition) is 0. The topological polar surface area (TPSA) is 26.3 Å². The normalized spacial score (nSPS) is 13.1. The van der Waals surface area contributed by atoms with Gasteiger partial charge in [-0.1, -0.05) is 86.0 Å². The Hall–Kier alpha value is -0.530. The summed E-state index contributed by atoms with van der Waals surface area (Å²) in [7, 11) is 0. The van der Waals surface area contributed by atoms with Crippen molar-refractivity contribution in [2.24, 2.45) is 11.3 Å². The Bertz CT molecular complexity index is 265. The van der Waals surface area contributed by atoms with Crippen molar-refractivity contribution in [1.82, 2.24) is 0 Å². The van der Waals surface area contributed by atoms with E-state index in [0.717, 1.165) is 12.8 Å². The Labute approximate surface area is 139 Å². The van der Waals surface area contributed by atoms with Crippen LogP contribution in [0.25, 0.3) is 0 Å². The third-order valence-corrected chi connectivity index (χ3v) is 3.99. The smallest absolute Gasteiger partial charge is 0.306 e. The van der Waals surface area contributed by atoms with E-state index < -0.39 is 0 Å². The summed E-state index contributed by atoms with van der Waals surface area (Å²) in [5.74, 6) is 0.395. The van der Waals surface area contributed by atoms with Gasteiger partial charge < -0.3 is 4.74 Å². The highest BCUT2D eigenvalue weighted by atomic mass is 16.5. The maximum absolute atomic E-state index is 11.8. The van der Waals surface area contributed by atoms with Crippen LogP contribution >= 0.6 is 0 Å². The van der Waals surface area contributed by atoms with Gasteiger partial charge in [0.1, 0.15) is 0 Å². The molecule has 2 heteroatoms. The zero-order valence-corrected chi connectivity index (χ0v) is 15.9. The lowest BCUT2D eigenvalue weighted by atomic mass is 9.84. The Morgan fingerprint density at radius 1 is 0.909 bits per heavy atom. The van der Waals surface area contributed by atoms with Crippen molar-refractivity contribution >= 4 is 5.97 Å². The molecule has 0 rings (SSSR count). The fraction of sp³-hybridized carbons (Fsp3) is 0.950. The third kappa shape index (κ3) is 15.9. The summed E-state index contributed by atoms with van der Waals surface area (Å²) < 4.78 is 5.35. The standard InChI is InChI=1S/C20H40O2/c1-6-7-8-9-10-11-12-13-14-15-22-19(21)16-18(2)17-20(3,4)5/h18H,6-17H2,1-5H3. The summed E-state index contributed by atoms with van der Waals surface area (Å²) in [6.07, 6.45) is 13.3. The van der Waals surface area contributed by atoms with Gasteiger partial charge in [0, 0.05) is 6.42 Å². The average Bonchev–Trinajstić information content (AvgIpc) is 2.38. The van der Waals surface area contributed by atoms with E-state index in [9.17, 15) is 4.79 Å². The molecule has 0 aliphatic rings. The first-order valence-electron chi connectivity index (χ1n) is 9.50. The molecule has 0 aliphatic carbocycles. The molecular formula is C20H40O2. The van der Waals surface area contributed by atoms with E-state index in [1.807, 2.05) is 0 Å². The lowest BCUT2D eigenvalue weighted by molar-refractivity contribution is -0.144. The molecule has 0 spiro atoms. The van der Waals surface area contributed by atoms with Gasteiger partial charge >= 0.3 is 5.97 Å². The van der Waals surface area contributed by atoms with Crippen molar-refractivity contribution in [1.29, 1.82) is 0 Å². The predicted molar refractivity (Wildman–Crippen MR) is 96.0 cm³/mol. The summed E-state index contributed by atoms with van der Waals surface area (Å²) in [5, 5.41) is 0. The summed E-state index contributed by atoms with van der Waals surface area (Å²) >= 11 is 0. The van der Waals surface area contributed by atoms with Crippen LogP contribution < -0.4 is 0 Å². The molecule has 22 heavy (non-hydrogen) atoms. The maximum atomic E-state index is 11.8. The lowest BCUT2D eigenvalue weighted by Crippen LogP contribution is -2.16. The van der Waals surface area contributed by atoms with Crippen LogP contribution in [0.2, 0.25) is 0 Å². The van der Waals surface area contributed by atoms with Gasteiger partial charge in [-0.05, 0) is 24.2 Å². The summed E-state index contributed by atoms with van der Waals surface area (Å²) in [6, 6.07) is 0. The number of ether oxygens (including phenoxy) is 1. The van der Waals surface area contributed by atoms with Crippen LogP contribution in [0.15, 0.2) is 0 Å². The van der Waals surface area contributed by atoms with Crippen LogP contribution in [0, 0.1) is 11.3 Å². The molecule has 0 N–H and O–H groups in total. The molecule has 1 unspecified atom stereocenters. The maximum Gasteiger partial charge on any atom is 0.306 e. The Morgan fingerprint density at radius 2 is 1.41 bits per heavy atom. The van der Waals surface area contributed by atoms with Gasteiger partial charge in [-0.3, -0.25) is 4.79 Å². The van der Waals surface area contributed by atoms with Gasteiger partial charge in [-0.15, -0.1) is 0 Å². The quantitative estimate of drug-likeness (QED) is 0.286. The monoisotopic (exact) mass is 312 g/mol. The van der Waals surface area contributed by atoms with E-state index in [-0.39, 0.29) is 11.4 Å². The molecule has 0 aromatic heterocycles. The number of carbonyl (C=O) groups is 1. The van der Waals surface area contributed by atoms with Crippen molar-refractivity contribution < 1.29 is 9.53 Å². The molecule has 0 saturated carbocycles. The molecule has 0 amide bonds. The summed E-state index contributed by atoms with van der Waals surface area (Å²) in [5.41, 5.74) is 0.289. The zero-order chi connectivity index (χ0) is 16.8. The highest BCUT2D eigenvalue weighted by Crippen LogP contribution is 2.26. The van der Waals surface area contributed by atoms with Crippen LogP contribution in [0.4, 0.5) is 0 Å². The minimum atomic E-state index is -0.0173. The van der Waals surface area contributed by atoms with Gasteiger partial charge in [0.15, 0.2) is 0 Å². The summed E-state index contributed by atoms with van der Waals surface area (Å²) in [6.45, 7) is 11.7. The number of carbonyl (C=O) groups excluding carboxylic acids is 1. The molecule has 2 nitrogen and oxygen atoms in total. The fourth-order valence-corrected chi connectivity index (χ4v) is 3.06. The van der Waals surface area contributed by atoms with Gasteiger partial charge in [0.05, 0.1) is 6.61 Å². The molecule has 1 atom stereocenters. The first-order valence-corrected chi connectivity index (χ1v) is 9.50. The second-order valence-electron chi connectivity index (χ2n) is 8.12. The largest absolute Gasteiger partial charge is 0.466 e. The van der Waals surface area contributed by atoms with E-state index in [4.69, 9.17) is 4.74 Å². The Balaban J connectivity index is 3.38. The minimum Gasteiger partial charge on any atom is -0.466 e. The van der Waals surface area contributed by atoms with Crippen LogP contribution in [-0.4, -0.2) is 12.6 Å². The third-order valence-electron chi connectivity index (χ3n) is 3.99. The van der Waals surface area contributed by atoms with Gasteiger partial charge in [-0.25, -0.2) is 0 Å². The number of esters is 1. The minimum absolute atomic E-state index is 0.0173. The van der Waals surface area contributed by atoms with Crippen molar-refractivity contribution in [3.05, 3.63) is 0 Å². The van der Waals surface area contributed by atoms with E-state index in [0.29, 0.717) is 18.9 Å². The van der Waals surface area contributed by atoms with Crippen molar-refractivity contribution in [2.45, 2.75) is 105 Å². The molecular weight excluding hydrogens is 272 g/mol. The van der Waals surface area contributed by atoms with E-state index in [1.165, 1.54) is 51.4 Å². The molecule has 0 heterocycles. The van der Waals surface area contributed by atoms with E-state index in [1.54, 1.807) is 0 Å². The second kappa shape index (κ2) is 13.0. The molecule has 0 aromatic carbocycles. The highest BCUT2D eigenvalue weighted by molar-refractivity contribution is 5.69. The van der Waals surface area contributed by atoms with Crippen LogP contribution in [0.1, 0.15) is 105 Å². The number of hydrogen-bond acceptors (Lipinski definition) is 2. The highest BCUT2D eigenvalue weighted by Gasteiger charge is 2.18. The first kappa shape index (κ1) is 21.5.